The van der Waals surface area contributed by atoms with E-state index in [1.165, 1.54) is 38.0 Å². The van der Waals surface area contributed by atoms with E-state index in [4.69, 9.17) is 0 Å². The third-order valence-corrected chi connectivity index (χ3v) is 7.76. The van der Waals surface area contributed by atoms with Crippen LogP contribution < -0.4 is 5.32 Å². The number of carbonyl (C=O) groups is 1. The summed E-state index contributed by atoms with van der Waals surface area (Å²) in [6.45, 7) is 6.22. The number of aromatic nitrogens is 4. The second-order valence-corrected chi connectivity index (χ2v) is 10.8. The number of nitrogens with one attached hydrogen (secondary N) is 1. The SMILES string of the molecule is CCn1c(SC(C)C(=O)Nc2cc(S(=O)(=O)N(C)C)ccc2C)nnc1-c1ccncc1. The van der Waals surface area contributed by atoms with Gasteiger partial charge in [-0.15, -0.1) is 10.2 Å². The van der Waals surface area contributed by atoms with Gasteiger partial charge in [0, 0.05) is 44.3 Å². The molecule has 0 spiro atoms. The molecule has 3 aromatic rings. The van der Waals surface area contributed by atoms with Crippen LogP contribution in [-0.2, 0) is 21.4 Å². The maximum Gasteiger partial charge on any atom is 0.242 e. The van der Waals surface area contributed by atoms with Crippen molar-refractivity contribution >= 4 is 33.4 Å². The molecule has 0 bridgehead atoms. The lowest BCUT2D eigenvalue weighted by Gasteiger charge is -2.16. The fraction of sp³-hybridized carbons (Fsp3) is 0.333. The van der Waals surface area contributed by atoms with Crippen LogP contribution in [0.25, 0.3) is 11.4 Å². The average Bonchev–Trinajstić information content (AvgIpc) is 3.17. The van der Waals surface area contributed by atoms with E-state index in [1.807, 2.05) is 30.5 Å². The standard InChI is InChI=1S/C21H26N6O3S2/c1-6-27-19(16-9-11-22-12-10-16)24-25-21(27)31-15(3)20(28)23-18-13-17(8-7-14(18)2)32(29,30)26(4)5/h7-13,15H,6H2,1-5H3,(H,23,28). The highest BCUT2D eigenvalue weighted by Crippen LogP contribution is 2.28. The molecule has 11 heteroatoms. The van der Waals surface area contributed by atoms with Crippen LogP contribution in [0.15, 0.2) is 52.8 Å². The molecule has 170 valence electrons. The zero-order chi connectivity index (χ0) is 23.5. The van der Waals surface area contributed by atoms with Gasteiger partial charge in [0.05, 0.1) is 10.1 Å². The number of nitrogens with zero attached hydrogens (tertiary/aromatic N) is 5. The molecule has 2 heterocycles. The van der Waals surface area contributed by atoms with E-state index >= 15 is 0 Å². The molecule has 9 nitrogen and oxygen atoms in total. The van der Waals surface area contributed by atoms with Crippen molar-refractivity contribution in [1.82, 2.24) is 24.1 Å². The lowest BCUT2D eigenvalue weighted by molar-refractivity contribution is -0.115. The molecule has 1 amide bonds. The number of anilines is 1. The fourth-order valence-electron chi connectivity index (χ4n) is 2.93. The number of rotatable bonds is 8. The van der Waals surface area contributed by atoms with E-state index < -0.39 is 15.3 Å². The number of benzene rings is 1. The third kappa shape index (κ3) is 5.00. The molecule has 0 saturated carbocycles. The predicted octanol–water partition coefficient (Wildman–Crippen LogP) is 3.04. The maximum absolute atomic E-state index is 12.9. The molecule has 2 aromatic heterocycles. The number of hydrogen-bond acceptors (Lipinski definition) is 7. The van der Waals surface area contributed by atoms with Gasteiger partial charge in [0.15, 0.2) is 11.0 Å². The van der Waals surface area contributed by atoms with Gasteiger partial charge >= 0.3 is 0 Å². The molecular formula is C21H26N6O3S2. The molecule has 1 unspecified atom stereocenters. The zero-order valence-electron chi connectivity index (χ0n) is 18.6. The summed E-state index contributed by atoms with van der Waals surface area (Å²) in [6.07, 6.45) is 3.39. The highest BCUT2D eigenvalue weighted by molar-refractivity contribution is 8.00. The van der Waals surface area contributed by atoms with Gasteiger partial charge in [0.2, 0.25) is 15.9 Å². The Kier molecular flexibility index (Phi) is 7.32. The monoisotopic (exact) mass is 474 g/mol. The largest absolute Gasteiger partial charge is 0.325 e. The van der Waals surface area contributed by atoms with Gasteiger partial charge in [-0.1, -0.05) is 17.8 Å². The lowest BCUT2D eigenvalue weighted by atomic mass is 10.2. The average molecular weight is 475 g/mol. The zero-order valence-corrected chi connectivity index (χ0v) is 20.2. The van der Waals surface area contributed by atoms with Gasteiger partial charge in [-0.2, -0.15) is 0 Å². The van der Waals surface area contributed by atoms with Crippen LogP contribution in [0.2, 0.25) is 0 Å². The molecule has 1 N–H and O–H groups in total. The van der Waals surface area contributed by atoms with Crippen molar-refractivity contribution in [3.63, 3.8) is 0 Å². The summed E-state index contributed by atoms with van der Waals surface area (Å²) >= 11 is 1.29. The van der Waals surface area contributed by atoms with Crippen LogP contribution in [0.5, 0.6) is 0 Å². The number of amides is 1. The van der Waals surface area contributed by atoms with Crippen LogP contribution in [0.1, 0.15) is 19.4 Å². The molecule has 0 fully saturated rings. The Morgan fingerprint density at radius 1 is 1.19 bits per heavy atom. The van der Waals surface area contributed by atoms with E-state index in [0.717, 1.165) is 15.4 Å². The first-order valence-electron chi connectivity index (χ1n) is 9.99. The number of carbonyl (C=O) groups excluding carboxylic acids is 1. The molecule has 0 aliphatic heterocycles. The second kappa shape index (κ2) is 9.80. The van der Waals surface area contributed by atoms with Gasteiger partial charge in [0.25, 0.3) is 0 Å². The number of pyridine rings is 1. The number of hydrogen-bond donors (Lipinski definition) is 1. The van der Waals surface area contributed by atoms with Gasteiger partial charge in [-0.25, -0.2) is 12.7 Å². The molecule has 3 rings (SSSR count). The maximum atomic E-state index is 12.9. The number of thioether (sulfide) groups is 1. The topological polar surface area (TPSA) is 110 Å². The minimum absolute atomic E-state index is 0.122. The Bertz CT molecular complexity index is 1210. The normalized spacial score (nSPS) is 12.7. The summed E-state index contributed by atoms with van der Waals surface area (Å²) in [5.41, 5.74) is 2.12. The molecule has 1 atom stereocenters. The molecular weight excluding hydrogens is 448 g/mol. The van der Waals surface area contributed by atoms with Gasteiger partial charge in [-0.3, -0.25) is 9.78 Å². The van der Waals surface area contributed by atoms with Crippen molar-refractivity contribution in [2.75, 3.05) is 19.4 Å². The lowest BCUT2D eigenvalue weighted by Crippen LogP contribution is -2.25. The molecule has 0 aliphatic carbocycles. The molecule has 0 saturated heterocycles. The molecule has 0 aliphatic rings. The van der Waals surface area contributed by atoms with E-state index in [0.29, 0.717) is 23.2 Å². The van der Waals surface area contributed by atoms with Gasteiger partial charge in [0.1, 0.15) is 0 Å². The molecule has 1 aromatic carbocycles. The number of aryl methyl sites for hydroxylation is 1. The Morgan fingerprint density at radius 3 is 2.50 bits per heavy atom. The Hall–Kier alpha value is -2.76. The molecule has 32 heavy (non-hydrogen) atoms. The Labute approximate surface area is 192 Å². The quantitative estimate of drug-likeness (QED) is 0.500. The van der Waals surface area contributed by atoms with Crippen LogP contribution >= 0.6 is 11.8 Å². The summed E-state index contributed by atoms with van der Waals surface area (Å²) in [5, 5.41) is 11.5. The third-order valence-electron chi connectivity index (χ3n) is 4.87. The van der Waals surface area contributed by atoms with Crippen LogP contribution in [0.3, 0.4) is 0 Å². The minimum Gasteiger partial charge on any atom is -0.325 e. The fourth-order valence-corrected chi connectivity index (χ4v) is 4.77. The van der Waals surface area contributed by atoms with E-state index in [2.05, 4.69) is 20.5 Å². The van der Waals surface area contributed by atoms with Crippen LogP contribution in [0, 0.1) is 6.92 Å². The van der Waals surface area contributed by atoms with Gasteiger partial charge < -0.3 is 9.88 Å². The first-order valence-corrected chi connectivity index (χ1v) is 12.3. The van der Waals surface area contributed by atoms with E-state index in [9.17, 15) is 13.2 Å². The van der Waals surface area contributed by atoms with E-state index in [1.54, 1.807) is 25.4 Å². The predicted molar refractivity (Wildman–Crippen MR) is 125 cm³/mol. The Balaban J connectivity index is 1.79. The number of sulfonamides is 1. The first-order chi connectivity index (χ1) is 15.1. The smallest absolute Gasteiger partial charge is 0.242 e. The second-order valence-electron chi connectivity index (χ2n) is 7.30. The summed E-state index contributed by atoms with van der Waals surface area (Å²) in [5.74, 6) is 0.455. The summed E-state index contributed by atoms with van der Waals surface area (Å²) in [4.78, 5) is 17.0. The van der Waals surface area contributed by atoms with Crippen molar-refractivity contribution in [2.24, 2.45) is 0 Å². The van der Waals surface area contributed by atoms with Crippen LogP contribution in [0.4, 0.5) is 5.69 Å². The molecule has 0 radical (unpaired) electrons. The van der Waals surface area contributed by atoms with Crippen molar-refractivity contribution in [3.8, 4) is 11.4 Å². The summed E-state index contributed by atoms with van der Waals surface area (Å²) in [7, 11) is -0.666. The summed E-state index contributed by atoms with van der Waals surface area (Å²) in [6, 6.07) is 8.41. The highest BCUT2D eigenvalue weighted by atomic mass is 32.2. The van der Waals surface area contributed by atoms with Gasteiger partial charge in [-0.05, 0) is 50.6 Å². The van der Waals surface area contributed by atoms with Crippen LogP contribution in [-0.4, -0.2) is 57.7 Å². The van der Waals surface area contributed by atoms with Crippen molar-refractivity contribution in [3.05, 3.63) is 48.3 Å². The van der Waals surface area contributed by atoms with E-state index in [-0.39, 0.29) is 10.8 Å². The Morgan fingerprint density at radius 2 is 1.88 bits per heavy atom. The highest BCUT2D eigenvalue weighted by Gasteiger charge is 2.22. The minimum atomic E-state index is -3.60. The van der Waals surface area contributed by atoms with Crippen molar-refractivity contribution in [2.45, 2.75) is 42.6 Å². The van der Waals surface area contributed by atoms with Crippen molar-refractivity contribution in [1.29, 1.82) is 0 Å². The summed E-state index contributed by atoms with van der Waals surface area (Å²) < 4.78 is 27.9. The van der Waals surface area contributed by atoms with Crippen molar-refractivity contribution < 1.29 is 13.2 Å². The first kappa shape index (κ1) is 23.9.